The molecule has 200 valence electrons. The predicted molar refractivity (Wildman–Crippen MR) is 130 cm³/mol. The molecule has 0 saturated heterocycles. The number of aryl methyl sites for hydroxylation is 1. The zero-order valence-corrected chi connectivity index (χ0v) is 20.7. The van der Waals surface area contributed by atoms with Crippen LogP contribution in [0.2, 0.25) is 0 Å². The Balaban J connectivity index is 1.64. The Morgan fingerprint density at radius 2 is 1.38 bits per heavy atom. The maximum atomic E-state index is 15.0. The molecule has 0 aliphatic heterocycles. The topological polar surface area (TPSA) is 29.5 Å². The van der Waals surface area contributed by atoms with Crippen LogP contribution in [0, 0.1) is 23.3 Å². The lowest BCUT2D eigenvalue weighted by molar-refractivity contribution is 0.208. The lowest BCUT2D eigenvalue weighted by atomic mass is 9.75. The minimum absolute atomic E-state index is 0.00648. The number of ether oxygens (including phenoxy) is 1. The van der Waals surface area contributed by atoms with Gasteiger partial charge in [0.2, 0.25) is 5.82 Å². The highest BCUT2D eigenvalue weighted by molar-refractivity contribution is 5.36. The summed E-state index contributed by atoms with van der Waals surface area (Å²) in [7, 11) is 0. The minimum Gasteiger partial charge on any atom is -0.505 e. The smallest absolute Gasteiger partial charge is 0.200 e. The molecule has 0 heterocycles. The lowest BCUT2D eigenvalue weighted by Gasteiger charge is -2.29. The van der Waals surface area contributed by atoms with E-state index in [1.165, 1.54) is 18.2 Å². The quantitative estimate of drug-likeness (QED) is 0.191. The van der Waals surface area contributed by atoms with Gasteiger partial charge >= 0.3 is 0 Å². The van der Waals surface area contributed by atoms with Gasteiger partial charge in [-0.15, -0.1) is 0 Å². The van der Waals surface area contributed by atoms with Crippen molar-refractivity contribution >= 4 is 0 Å². The number of phenolic OH excluding ortho intramolecular Hbond substituents is 1. The summed E-state index contributed by atoms with van der Waals surface area (Å²) in [6.45, 7) is 8.81. The zero-order chi connectivity index (χ0) is 27.3. The number of phenols is 1. The van der Waals surface area contributed by atoms with E-state index in [-0.39, 0.29) is 53.5 Å². The van der Waals surface area contributed by atoms with E-state index >= 15 is 0 Å². The van der Waals surface area contributed by atoms with E-state index in [1.54, 1.807) is 6.92 Å². The molecule has 2 nitrogen and oxygen atoms in total. The number of hydrogen-bond acceptors (Lipinski definition) is 2. The largest absolute Gasteiger partial charge is 0.505 e. The molecule has 1 saturated carbocycles. The normalized spacial score (nSPS) is 18.4. The molecule has 2 aromatic rings. The molecule has 1 fully saturated rings. The molecule has 0 aromatic heterocycles. The van der Waals surface area contributed by atoms with Crippen LogP contribution < -0.4 is 0 Å². The van der Waals surface area contributed by atoms with Gasteiger partial charge < -0.3 is 9.84 Å². The Labute approximate surface area is 213 Å². The first-order valence-corrected chi connectivity index (χ1v) is 12.3. The summed E-state index contributed by atoms with van der Waals surface area (Å²) < 4.78 is 91.2. The number of hydrogen-bond donors (Lipinski definition) is 1. The van der Waals surface area contributed by atoms with Crippen molar-refractivity contribution in [1.82, 2.24) is 0 Å². The fourth-order valence-corrected chi connectivity index (χ4v) is 4.66. The third kappa shape index (κ3) is 6.40. The van der Waals surface area contributed by atoms with Gasteiger partial charge in [0.05, 0.1) is 6.61 Å². The van der Waals surface area contributed by atoms with E-state index in [4.69, 9.17) is 4.74 Å². The number of rotatable bonds is 10. The Bertz CT molecular complexity index is 1200. The average Bonchev–Trinajstić information content (AvgIpc) is 2.90. The minimum atomic E-state index is -1.29. The van der Waals surface area contributed by atoms with Crippen molar-refractivity contribution in [2.45, 2.75) is 63.7 Å². The van der Waals surface area contributed by atoms with Crippen LogP contribution in [0.15, 0.2) is 60.4 Å². The van der Waals surface area contributed by atoms with Gasteiger partial charge in [-0.25, -0.2) is 17.6 Å². The van der Waals surface area contributed by atoms with Crippen molar-refractivity contribution in [3.8, 4) is 5.75 Å². The molecule has 0 amide bonds. The first kappa shape index (κ1) is 28.4. The van der Waals surface area contributed by atoms with Gasteiger partial charge in [-0.3, -0.25) is 0 Å². The highest BCUT2D eigenvalue weighted by Crippen LogP contribution is 2.43. The Morgan fingerprint density at radius 3 is 1.95 bits per heavy atom. The average molecular weight is 525 g/mol. The van der Waals surface area contributed by atoms with Crippen LogP contribution in [0.25, 0.3) is 0 Å². The highest BCUT2D eigenvalue weighted by Gasteiger charge is 2.29. The molecule has 0 atom stereocenters. The summed E-state index contributed by atoms with van der Waals surface area (Å²) in [6, 6.07) is 5.35. The van der Waals surface area contributed by atoms with Crippen molar-refractivity contribution in [2.24, 2.45) is 0 Å². The van der Waals surface area contributed by atoms with Crippen molar-refractivity contribution in [3.05, 3.63) is 100 Å². The summed E-state index contributed by atoms with van der Waals surface area (Å²) in [6.07, 6.45) is 2.13. The third-order valence-electron chi connectivity index (χ3n) is 6.82. The maximum absolute atomic E-state index is 15.0. The van der Waals surface area contributed by atoms with Gasteiger partial charge in [0.1, 0.15) is 0 Å². The monoisotopic (exact) mass is 524 g/mol. The van der Waals surface area contributed by atoms with Crippen LogP contribution in [0.3, 0.4) is 0 Å². The van der Waals surface area contributed by atoms with Crippen LogP contribution in [0.1, 0.15) is 74.0 Å². The molecule has 0 spiro atoms. The van der Waals surface area contributed by atoms with Crippen LogP contribution in [-0.2, 0) is 11.2 Å². The summed E-state index contributed by atoms with van der Waals surface area (Å²) in [5.74, 6) is -8.75. The van der Waals surface area contributed by atoms with Crippen LogP contribution in [-0.4, -0.2) is 11.7 Å². The van der Waals surface area contributed by atoms with Gasteiger partial charge in [-0.2, -0.15) is 8.78 Å². The Hall–Kier alpha value is -3.16. The van der Waals surface area contributed by atoms with Crippen LogP contribution in [0.4, 0.5) is 26.3 Å². The second-order valence-electron chi connectivity index (χ2n) is 9.30. The van der Waals surface area contributed by atoms with E-state index in [2.05, 4.69) is 13.2 Å². The molecule has 0 radical (unpaired) electrons. The molecule has 1 aliphatic carbocycles. The standard InChI is InChI=1S/C29H30F6O2/c1-4-15-37-17(3)25(31)24(30)16(2)5-6-20-11-12-21(27(33)26(20)32)18-7-9-19(10-8-18)22-13-14-23(36)29(35)28(22)34/h11-14,18-19,36H,2-10,15H2,1H3/b25-24-. The van der Waals surface area contributed by atoms with Crippen molar-refractivity contribution in [2.75, 3.05) is 6.61 Å². The molecular formula is C29H30F6O2. The molecule has 1 N–H and O–H groups in total. The molecule has 0 unspecified atom stereocenters. The van der Waals surface area contributed by atoms with E-state index in [9.17, 15) is 31.4 Å². The maximum Gasteiger partial charge on any atom is 0.200 e. The molecule has 0 bridgehead atoms. The number of benzene rings is 2. The van der Waals surface area contributed by atoms with Gasteiger partial charge in [-0.1, -0.05) is 38.3 Å². The summed E-state index contributed by atoms with van der Waals surface area (Å²) in [5.41, 5.74) is 0.137. The second kappa shape index (κ2) is 12.4. The van der Waals surface area contributed by atoms with E-state index < -0.39 is 46.4 Å². The van der Waals surface area contributed by atoms with Gasteiger partial charge in [-0.05, 0) is 85.1 Å². The number of aromatic hydroxyl groups is 1. The summed E-state index contributed by atoms with van der Waals surface area (Å²) in [5, 5.41) is 9.32. The number of allylic oxidation sites excluding steroid dienone is 3. The molecule has 1 aliphatic rings. The van der Waals surface area contributed by atoms with Crippen LogP contribution >= 0.6 is 0 Å². The van der Waals surface area contributed by atoms with Crippen molar-refractivity contribution in [1.29, 1.82) is 0 Å². The summed E-state index contributed by atoms with van der Waals surface area (Å²) >= 11 is 0. The predicted octanol–water partition coefficient (Wildman–Crippen LogP) is 8.97. The van der Waals surface area contributed by atoms with Crippen LogP contribution in [0.5, 0.6) is 5.75 Å². The van der Waals surface area contributed by atoms with E-state index in [0.717, 1.165) is 6.07 Å². The van der Waals surface area contributed by atoms with Gasteiger partial charge in [0.15, 0.2) is 40.6 Å². The first-order chi connectivity index (χ1) is 17.6. The number of halogens is 6. The first-order valence-electron chi connectivity index (χ1n) is 12.3. The van der Waals surface area contributed by atoms with Gasteiger partial charge in [0, 0.05) is 0 Å². The lowest BCUT2D eigenvalue weighted by Crippen LogP contribution is -2.15. The fourth-order valence-electron chi connectivity index (χ4n) is 4.66. The molecule has 3 rings (SSSR count). The third-order valence-corrected chi connectivity index (χ3v) is 6.82. The molecule has 8 heteroatoms. The molecular weight excluding hydrogens is 494 g/mol. The van der Waals surface area contributed by atoms with Crippen molar-refractivity contribution < 1.29 is 36.2 Å². The van der Waals surface area contributed by atoms with Gasteiger partial charge in [0.25, 0.3) is 0 Å². The van der Waals surface area contributed by atoms with Crippen molar-refractivity contribution in [3.63, 3.8) is 0 Å². The fraction of sp³-hybridized carbons (Fsp3) is 0.379. The highest BCUT2D eigenvalue weighted by atomic mass is 19.2. The molecule has 2 aromatic carbocycles. The molecule has 37 heavy (non-hydrogen) atoms. The Morgan fingerprint density at radius 1 is 0.838 bits per heavy atom. The SMILES string of the molecule is C=C(CCc1ccc(C2CCC(c3ccc(O)c(F)c3F)CC2)c(F)c1F)/C(F)=C(/F)C(=C)OCCC. The zero-order valence-electron chi connectivity index (χ0n) is 20.7. The Kier molecular flexibility index (Phi) is 9.51. The summed E-state index contributed by atoms with van der Waals surface area (Å²) in [4.78, 5) is 0. The van der Waals surface area contributed by atoms with E-state index in [1.807, 2.05) is 0 Å². The second-order valence-corrected chi connectivity index (χ2v) is 9.30. The van der Waals surface area contributed by atoms with E-state index in [0.29, 0.717) is 32.1 Å².